The van der Waals surface area contributed by atoms with E-state index < -0.39 is 34.2 Å². The highest BCUT2D eigenvalue weighted by atomic mass is 32.2. The van der Waals surface area contributed by atoms with Crippen molar-refractivity contribution in [3.63, 3.8) is 0 Å². The Morgan fingerprint density at radius 3 is 2.44 bits per heavy atom. The van der Waals surface area contributed by atoms with E-state index >= 15 is 0 Å². The molecule has 2 unspecified atom stereocenters. The van der Waals surface area contributed by atoms with Gasteiger partial charge in [0.15, 0.2) is 15.9 Å². The summed E-state index contributed by atoms with van der Waals surface area (Å²) in [4.78, 5) is 0. The van der Waals surface area contributed by atoms with Crippen LogP contribution in [-0.2, 0) is 9.84 Å². The quantitative estimate of drug-likeness (QED) is 0.755. The summed E-state index contributed by atoms with van der Waals surface area (Å²) < 4.78 is 58.3. The lowest BCUT2D eigenvalue weighted by Crippen LogP contribution is -2.49. The lowest BCUT2D eigenvalue weighted by atomic mass is 10.0. The minimum absolute atomic E-state index is 0.0292. The van der Waals surface area contributed by atoms with Crippen LogP contribution in [0.5, 0.6) is 0 Å². The van der Waals surface area contributed by atoms with E-state index in [0.717, 1.165) is 0 Å². The zero-order valence-electron chi connectivity index (χ0n) is 8.71. The Bertz CT molecular complexity index is 354. The van der Waals surface area contributed by atoms with Gasteiger partial charge < -0.3 is 10.4 Å². The molecular weight excluding hydrogens is 247 g/mol. The molecule has 0 radical (unpaired) electrons. The standard InChI is InChI=1S/C8H14F3NO3S/c1-7(2-3-16(14,15)5-7)12-4-6(13)8(9,10)11/h6,12-13H,2-5H2,1H3. The Balaban J connectivity index is 2.51. The van der Waals surface area contributed by atoms with Gasteiger partial charge in [-0.15, -0.1) is 0 Å². The molecule has 1 heterocycles. The van der Waals surface area contributed by atoms with Crippen LogP contribution in [-0.4, -0.2) is 49.4 Å². The minimum Gasteiger partial charge on any atom is -0.382 e. The van der Waals surface area contributed by atoms with E-state index in [1.165, 1.54) is 0 Å². The average Bonchev–Trinajstić information content (AvgIpc) is 2.36. The number of halogens is 3. The first-order chi connectivity index (χ1) is 7.04. The SMILES string of the molecule is CC1(NCC(O)C(F)(F)F)CCS(=O)(=O)C1. The maximum atomic E-state index is 12.0. The molecular formula is C8H14F3NO3S. The van der Waals surface area contributed by atoms with Gasteiger partial charge in [-0.25, -0.2) is 8.42 Å². The third kappa shape index (κ3) is 3.60. The maximum Gasteiger partial charge on any atom is 0.415 e. The van der Waals surface area contributed by atoms with Gasteiger partial charge in [-0.2, -0.15) is 13.2 Å². The molecule has 0 aromatic rings. The van der Waals surface area contributed by atoms with E-state index in [2.05, 4.69) is 5.32 Å². The van der Waals surface area contributed by atoms with E-state index in [1.807, 2.05) is 0 Å². The molecule has 2 atom stereocenters. The molecule has 0 spiro atoms. The maximum absolute atomic E-state index is 12.0. The van der Waals surface area contributed by atoms with Crippen molar-refractivity contribution in [3.05, 3.63) is 0 Å². The fourth-order valence-electron chi connectivity index (χ4n) is 1.61. The Hall–Kier alpha value is -0.340. The van der Waals surface area contributed by atoms with E-state index in [1.54, 1.807) is 6.92 Å². The third-order valence-corrected chi connectivity index (χ3v) is 4.51. The minimum atomic E-state index is -4.68. The summed E-state index contributed by atoms with van der Waals surface area (Å²) in [6, 6.07) is 0. The number of sulfone groups is 1. The van der Waals surface area contributed by atoms with Gasteiger partial charge in [0, 0.05) is 12.1 Å². The van der Waals surface area contributed by atoms with Crippen LogP contribution in [0.25, 0.3) is 0 Å². The fraction of sp³-hybridized carbons (Fsp3) is 1.00. The van der Waals surface area contributed by atoms with Crippen molar-refractivity contribution in [1.29, 1.82) is 0 Å². The molecule has 96 valence electrons. The summed E-state index contributed by atoms with van der Waals surface area (Å²) in [6.45, 7) is 0.857. The molecule has 1 aliphatic rings. The monoisotopic (exact) mass is 261 g/mol. The fourth-order valence-corrected chi connectivity index (χ4v) is 3.73. The lowest BCUT2D eigenvalue weighted by Gasteiger charge is -2.26. The van der Waals surface area contributed by atoms with Gasteiger partial charge in [0.05, 0.1) is 11.5 Å². The van der Waals surface area contributed by atoms with Crippen LogP contribution >= 0.6 is 0 Å². The predicted molar refractivity (Wildman–Crippen MR) is 51.7 cm³/mol. The first-order valence-electron chi connectivity index (χ1n) is 4.74. The Morgan fingerprint density at radius 1 is 1.50 bits per heavy atom. The summed E-state index contributed by atoms with van der Waals surface area (Å²) in [5.41, 5.74) is -0.870. The first-order valence-corrected chi connectivity index (χ1v) is 6.56. The molecule has 16 heavy (non-hydrogen) atoms. The van der Waals surface area contributed by atoms with Gasteiger partial charge in [0.2, 0.25) is 0 Å². The summed E-state index contributed by atoms with van der Waals surface area (Å²) in [5.74, 6) is -0.219. The van der Waals surface area contributed by atoms with Gasteiger partial charge >= 0.3 is 6.18 Å². The normalized spacial score (nSPS) is 31.6. The summed E-state index contributed by atoms with van der Waals surface area (Å²) in [7, 11) is -3.16. The van der Waals surface area contributed by atoms with Crippen molar-refractivity contribution in [1.82, 2.24) is 5.32 Å². The molecule has 0 aromatic carbocycles. The Labute approximate surface area is 91.8 Å². The topological polar surface area (TPSA) is 66.4 Å². The van der Waals surface area contributed by atoms with Crippen molar-refractivity contribution in [2.45, 2.75) is 31.2 Å². The first kappa shape index (κ1) is 13.7. The number of alkyl halides is 3. The van der Waals surface area contributed by atoms with Crippen LogP contribution in [0.2, 0.25) is 0 Å². The molecule has 8 heteroatoms. The molecule has 0 bridgehead atoms. The highest BCUT2D eigenvalue weighted by Gasteiger charge is 2.42. The van der Waals surface area contributed by atoms with Gasteiger partial charge in [-0.3, -0.25) is 0 Å². The summed E-state index contributed by atoms with van der Waals surface area (Å²) >= 11 is 0. The van der Waals surface area contributed by atoms with Gasteiger partial charge in [0.1, 0.15) is 0 Å². The van der Waals surface area contributed by atoms with Crippen LogP contribution in [0, 0.1) is 0 Å². The predicted octanol–water partition coefficient (Wildman–Crippen LogP) is 0.0764. The molecule has 0 aromatic heterocycles. The third-order valence-electron chi connectivity index (χ3n) is 2.60. The highest BCUT2D eigenvalue weighted by molar-refractivity contribution is 7.91. The van der Waals surface area contributed by atoms with Gasteiger partial charge in [0.25, 0.3) is 0 Å². The Morgan fingerprint density at radius 2 is 2.06 bits per heavy atom. The molecule has 0 amide bonds. The summed E-state index contributed by atoms with van der Waals surface area (Å²) in [5, 5.41) is 11.2. The second-order valence-corrected chi connectivity index (χ2v) is 6.53. The molecule has 1 saturated heterocycles. The van der Waals surface area contributed by atoms with E-state index in [4.69, 9.17) is 5.11 Å². The van der Waals surface area contributed by atoms with Gasteiger partial charge in [-0.05, 0) is 13.3 Å². The number of hydrogen-bond acceptors (Lipinski definition) is 4. The number of rotatable bonds is 3. The lowest BCUT2D eigenvalue weighted by molar-refractivity contribution is -0.202. The van der Waals surface area contributed by atoms with Crippen LogP contribution < -0.4 is 5.32 Å². The van der Waals surface area contributed by atoms with Crippen molar-refractivity contribution >= 4 is 9.84 Å². The number of nitrogens with one attached hydrogen (secondary N) is 1. The van der Waals surface area contributed by atoms with Crippen LogP contribution in [0.4, 0.5) is 13.2 Å². The van der Waals surface area contributed by atoms with Crippen molar-refractivity contribution in [2.75, 3.05) is 18.1 Å². The van der Waals surface area contributed by atoms with Crippen LogP contribution in [0.15, 0.2) is 0 Å². The Kier molecular flexibility index (Phi) is 3.56. The molecule has 1 rings (SSSR count). The van der Waals surface area contributed by atoms with E-state index in [-0.39, 0.29) is 17.9 Å². The van der Waals surface area contributed by atoms with E-state index in [9.17, 15) is 21.6 Å². The zero-order valence-corrected chi connectivity index (χ0v) is 9.53. The second-order valence-electron chi connectivity index (χ2n) is 4.34. The van der Waals surface area contributed by atoms with Crippen molar-refractivity contribution in [2.24, 2.45) is 0 Å². The highest BCUT2D eigenvalue weighted by Crippen LogP contribution is 2.24. The molecule has 0 aliphatic carbocycles. The molecule has 2 N–H and O–H groups in total. The largest absolute Gasteiger partial charge is 0.415 e. The molecule has 0 saturated carbocycles. The van der Waals surface area contributed by atoms with E-state index in [0.29, 0.717) is 0 Å². The van der Waals surface area contributed by atoms with Crippen LogP contribution in [0.3, 0.4) is 0 Å². The van der Waals surface area contributed by atoms with Crippen LogP contribution in [0.1, 0.15) is 13.3 Å². The molecule has 4 nitrogen and oxygen atoms in total. The zero-order chi connectivity index (χ0) is 12.6. The summed E-state index contributed by atoms with van der Waals surface area (Å²) in [6.07, 6.45) is -6.88. The van der Waals surface area contributed by atoms with Crippen molar-refractivity contribution in [3.8, 4) is 0 Å². The molecule has 1 aliphatic heterocycles. The number of β-amino-alcohol motifs (C(OH)–C–C–N with tert-alkyl or cyclic N) is 1. The van der Waals surface area contributed by atoms with Gasteiger partial charge in [-0.1, -0.05) is 0 Å². The smallest absolute Gasteiger partial charge is 0.382 e. The van der Waals surface area contributed by atoms with Crippen molar-refractivity contribution < 1.29 is 26.7 Å². The number of hydrogen-bond donors (Lipinski definition) is 2. The second kappa shape index (κ2) is 4.15. The number of aliphatic hydroxyl groups excluding tert-OH is 1. The number of aliphatic hydroxyl groups is 1. The average molecular weight is 261 g/mol. The molecule has 1 fully saturated rings.